The average molecular weight is 560 g/mol. The maximum atomic E-state index is 12.4. The van der Waals surface area contributed by atoms with Crippen molar-refractivity contribution in [3.05, 3.63) is 59.7 Å². The molecule has 1 N–H and O–H groups in total. The lowest BCUT2D eigenvalue weighted by molar-refractivity contribution is -0.143. The van der Waals surface area contributed by atoms with E-state index in [1.807, 2.05) is 13.8 Å². The van der Waals surface area contributed by atoms with Crippen molar-refractivity contribution in [2.45, 2.75) is 65.2 Å². The summed E-state index contributed by atoms with van der Waals surface area (Å²) in [6.45, 7) is 7.32. The van der Waals surface area contributed by atoms with Gasteiger partial charge in [0.2, 0.25) is 0 Å². The summed E-state index contributed by atoms with van der Waals surface area (Å²) in [5.41, 5.74) is 0.972. The van der Waals surface area contributed by atoms with Gasteiger partial charge in [0, 0.05) is 6.54 Å². The van der Waals surface area contributed by atoms with Crippen LogP contribution in [0, 0.1) is 0 Å². The summed E-state index contributed by atoms with van der Waals surface area (Å²) in [6, 6.07) is 12.2. The lowest BCUT2D eigenvalue weighted by Crippen LogP contribution is -2.41. The lowest BCUT2D eigenvalue weighted by atomic mass is 10.1. The van der Waals surface area contributed by atoms with Gasteiger partial charge >= 0.3 is 24.2 Å². The van der Waals surface area contributed by atoms with E-state index in [0.717, 1.165) is 0 Å². The molecule has 11 heteroatoms. The van der Waals surface area contributed by atoms with E-state index in [2.05, 4.69) is 5.32 Å². The van der Waals surface area contributed by atoms with Crippen LogP contribution in [-0.4, -0.2) is 62.8 Å². The Labute approximate surface area is 234 Å². The van der Waals surface area contributed by atoms with Gasteiger partial charge < -0.3 is 33.7 Å². The van der Waals surface area contributed by atoms with Crippen LogP contribution in [0.25, 0.3) is 0 Å². The molecule has 2 aromatic carbocycles. The van der Waals surface area contributed by atoms with Gasteiger partial charge in [-0.05, 0) is 62.9 Å². The van der Waals surface area contributed by atoms with Crippen LogP contribution in [0.5, 0.6) is 11.5 Å². The second-order valence-corrected chi connectivity index (χ2v) is 8.89. The Morgan fingerprint density at radius 1 is 0.825 bits per heavy atom. The van der Waals surface area contributed by atoms with Crippen molar-refractivity contribution in [3.8, 4) is 11.5 Å². The molecule has 0 radical (unpaired) electrons. The topological polar surface area (TPSA) is 136 Å². The minimum absolute atomic E-state index is 0.0160. The molecule has 0 aromatic heterocycles. The first kappa shape index (κ1) is 32.1. The lowest BCUT2D eigenvalue weighted by Gasteiger charge is -2.18. The molecule has 0 amide bonds. The molecular formula is C29H37NO10. The van der Waals surface area contributed by atoms with E-state index < -0.39 is 30.3 Å². The number of benzene rings is 2. The number of carbonyl (C=O) groups excluding carboxylic acids is 4. The zero-order valence-electron chi connectivity index (χ0n) is 23.5. The summed E-state index contributed by atoms with van der Waals surface area (Å²) < 4.78 is 31.1. The third-order valence-electron chi connectivity index (χ3n) is 5.80. The highest BCUT2D eigenvalue weighted by molar-refractivity contribution is 5.89. The molecule has 0 saturated carbocycles. The van der Waals surface area contributed by atoms with Gasteiger partial charge in [-0.3, -0.25) is 4.79 Å². The van der Waals surface area contributed by atoms with Crippen molar-refractivity contribution in [1.82, 2.24) is 5.32 Å². The van der Waals surface area contributed by atoms with Gasteiger partial charge in [0.05, 0.1) is 12.7 Å². The summed E-state index contributed by atoms with van der Waals surface area (Å²) in [6.07, 6.45) is -1.41. The average Bonchev–Trinajstić information content (AvgIpc) is 2.95. The molecule has 0 aliphatic carbocycles. The summed E-state index contributed by atoms with van der Waals surface area (Å²) in [5, 5.41) is 3.00. The molecule has 2 unspecified atom stereocenters. The van der Waals surface area contributed by atoms with Crippen LogP contribution >= 0.6 is 0 Å². The van der Waals surface area contributed by atoms with Gasteiger partial charge in [0.1, 0.15) is 24.9 Å². The van der Waals surface area contributed by atoms with E-state index in [1.54, 1.807) is 50.2 Å². The molecule has 0 saturated heterocycles. The van der Waals surface area contributed by atoms with Crippen LogP contribution in [0.1, 0.15) is 56.5 Å². The normalized spacial score (nSPS) is 12.8. The molecule has 0 heterocycles. The zero-order chi connectivity index (χ0) is 29.5. The second-order valence-electron chi connectivity index (χ2n) is 8.89. The number of hydrogen-bond donors (Lipinski definition) is 1. The van der Waals surface area contributed by atoms with Crippen molar-refractivity contribution >= 4 is 24.2 Å². The number of carbonyl (C=O) groups is 4. The van der Waals surface area contributed by atoms with Gasteiger partial charge in [0.15, 0.2) is 11.5 Å². The maximum absolute atomic E-state index is 12.4. The summed E-state index contributed by atoms with van der Waals surface area (Å²) in [7, 11) is 1.26. The zero-order valence-corrected chi connectivity index (χ0v) is 23.5. The summed E-state index contributed by atoms with van der Waals surface area (Å²) >= 11 is 0. The quantitative estimate of drug-likeness (QED) is 0.147. The highest BCUT2D eigenvalue weighted by Crippen LogP contribution is 2.30. The molecule has 40 heavy (non-hydrogen) atoms. The largest absolute Gasteiger partial charge is 0.514 e. The Kier molecular flexibility index (Phi) is 13.4. The van der Waals surface area contributed by atoms with Crippen LogP contribution in [0.3, 0.4) is 0 Å². The van der Waals surface area contributed by atoms with E-state index >= 15 is 0 Å². The molecule has 11 nitrogen and oxygen atoms in total. The van der Waals surface area contributed by atoms with Gasteiger partial charge in [0.25, 0.3) is 0 Å². The highest BCUT2D eigenvalue weighted by atomic mass is 16.7. The second kappa shape index (κ2) is 16.8. The van der Waals surface area contributed by atoms with Crippen LogP contribution in [0.2, 0.25) is 0 Å². The van der Waals surface area contributed by atoms with E-state index in [9.17, 15) is 19.2 Å². The number of nitrogens with one attached hydrogen (secondary N) is 1. The maximum Gasteiger partial charge on any atom is 0.514 e. The number of esters is 2. The highest BCUT2D eigenvalue weighted by Gasteiger charge is 2.23. The van der Waals surface area contributed by atoms with Crippen molar-refractivity contribution in [3.63, 3.8) is 0 Å². The first-order valence-corrected chi connectivity index (χ1v) is 13.1. The Bertz CT molecular complexity index is 1120. The van der Waals surface area contributed by atoms with Gasteiger partial charge in [-0.1, -0.05) is 38.1 Å². The molecule has 0 spiro atoms. The predicted octanol–water partition coefficient (Wildman–Crippen LogP) is 4.85. The Morgan fingerprint density at radius 3 is 2.00 bits per heavy atom. The molecule has 218 valence electrons. The number of methoxy groups -OCH3 is 1. The van der Waals surface area contributed by atoms with Gasteiger partial charge in [-0.2, -0.15) is 0 Å². The molecule has 0 bridgehead atoms. The van der Waals surface area contributed by atoms with Crippen molar-refractivity contribution in [2.75, 3.05) is 20.3 Å². The fourth-order valence-electron chi connectivity index (χ4n) is 3.22. The predicted molar refractivity (Wildman–Crippen MR) is 144 cm³/mol. The van der Waals surface area contributed by atoms with E-state index in [-0.39, 0.29) is 43.3 Å². The van der Waals surface area contributed by atoms with Crippen molar-refractivity contribution < 1.29 is 47.6 Å². The molecule has 0 aliphatic rings. The van der Waals surface area contributed by atoms with E-state index in [4.69, 9.17) is 28.4 Å². The van der Waals surface area contributed by atoms with Crippen LogP contribution < -0.4 is 14.8 Å². The Balaban J connectivity index is 2.13. The minimum atomic E-state index is -0.977. The van der Waals surface area contributed by atoms with Crippen molar-refractivity contribution in [1.29, 1.82) is 0 Å². The monoisotopic (exact) mass is 559 g/mol. The van der Waals surface area contributed by atoms with Crippen LogP contribution in [-0.2, 0) is 30.2 Å². The van der Waals surface area contributed by atoms with Crippen molar-refractivity contribution in [2.24, 2.45) is 0 Å². The SMILES string of the molecule is CCC(C)OC(=O)Oc1ccc(C[C@H](NCCOC(=O)c2ccccc2)C(=O)OC)cc1OC(=O)OC(C)CC. The minimum Gasteiger partial charge on any atom is -0.468 e. The number of rotatable bonds is 14. The molecule has 3 atom stereocenters. The summed E-state index contributed by atoms with van der Waals surface area (Å²) in [4.78, 5) is 49.1. The third kappa shape index (κ3) is 10.9. The standard InChI is InChI=1S/C29H37NO10/c1-6-19(3)37-28(33)39-24-14-13-21(18-25(24)40-29(34)38-20(4)7-2)17-23(27(32)35-5)30-15-16-36-26(31)22-11-9-8-10-12-22/h8-14,18-20,23,30H,6-7,15-17H2,1-5H3/t19?,20?,23-/m0/s1. The summed E-state index contributed by atoms with van der Waals surface area (Å²) in [5.74, 6) is -1.18. The smallest absolute Gasteiger partial charge is 0.468 e. The Hall–Kier alpha value is -4.12. The molecule has 2 aromatic rings. The molecular weight excluding hydrogens is 522 g/mol. The third-order valence-corrected chi connectivity index (χ3v) is 5.80. The first-order chi connectivity index (χ1) is 19.2. The molecule has 0 aliphatic heterocycles. The molecule has 2 rings (SSSR count). The van der Waals surface area contributed by atoms with Crippen LogP contribution in [0.4, 0.5) is 9.59 Å². The Morgan fingerprint density at radius 2 is 1.43 bits per heavy atom. The fourth-order valence-corrected chi connectivity index (χ4v) is 3.22. The van der Waals surface area contributed by atoms with E-state index in [0.29, 0.717) is 24.0 Å². The number of ether oxygens (including phenoxy) is 6. The number of hydrogen-bond acceptors (Lipinski definition) is 11. The molecule has 0 fully saturated rings. The van der Waals surface area contributed by atoms with Gasteiger partial charge in [-0.15, -0.1) is 0 Å². The fraction of sp³-hybridized carbons (Fsp3) is 0.448. The van der Waals surface area contributed by atoms with Crippen LogP contribution in [0.15, 0.2) is 48.5 Å². The van der Waals surface area contributed by atoms with E-state index in [1.165, 1.54) is 19.2 Å². The van der Waals surface area contributed by atoms with Gasteiger partial charge in [-0.25, -0.2) is 14.4 Å². The first-order valence-electron chi connectivity index (χ1n) is 13.1.